The number of thiophene rings is 1. The van der Waals surface area contributed by atoms with Crippen LogP contribution in [0.4, 0.5) is 16.2 Å². The van der Waals surface area contributed by atoms with Gasteiger partial charge in [0.05, 0.1) is 4.88 Å². The first-order chi connectivity index (χ1) is 14.1. The third-order valence-corrected chi connectivity index (χ3v) is 4.75. The predicted octanol–water partition coefficient (Wildman–Crippen LogP) is 3.55. The third kappa shape index (κ3) is 6.18. The molecule has 4 N–H and O–H groups in total. The van der Waals surface area contributed by atoms with Crippen LogP contribution < -0.4 is 21.3 Å². The van der Waals surface area contributed by atoms with Crippen molar-refractivity contribution in [2.75, 3.05) is 23.7 Å². The lowest BCUT2D eigenvalue weighted by Crippen LogP contribution is -2.34. The first-order valence-electron chi connectivity index (χ1n) is 8.95. The zero-order valence-electron chi connectivity index (χ0n) is 15.5. The fourth-order valence-electron chi connectivity index (χ4n) is 2.47. The molecule has 7 nitrogen and oxygen atoms in total. The van der Waals surface area contributed by atoms with Crippen LogP contribution in [0.2, 0.25) is 0 Å². The molecule has 0 atom stereocenters. The summed E-state index contributed by atoms with van der Waals surface area (Å²) in [4.78, 5) is 36.6. The van der Waals surface area contributed by atoms with E-state index in [-0.39, 0.29) is 17.8 Å². The van der Waals surface area contributed by atoms with Crippen molar-refractivity contribution in [3.63, 3.8) is 0 Å². The van der Waals surface area contributed by atoms with Crippen LogP contribution in [0.25, 0.3) is 0 Å². The summed E-state index contributed by atoms with van der Waals surface area (Å²) in [5, 5.41) is 12.7. The summed E-state index contributed by atoms with van der Waals surface area (Å²) in [6.07, 6.45) is 0. The second-order valence-corrected chi connectivity index (χ2v) is 6.96. The molecule has 0 saturated heterocycles. The zero-order valence-corrected chi connectivity index (χ0v) is 16.3. The van der Waals surface area contributed by atoms with E-state index in [1.807, 2.05) is 29.6 Å². The molecule has 0 aliphatic rings. The van der Waals surface area contributed by atoms with E-state index >= 15 is 0 Å². The van der Waals surface area contributed by atoms with Gasteiger partial charge in [0.1, 0.15) is 0 Å². The summed E-state index contributed by atoms with van der Waals surface area (Å²) in [5.74, 6) is -0.408. The number of anilines is 2. The molecule has 0 fully saturated rings. The highest BCUT2D eigenvalue weighted by atomic mass is 32.1. The number of carbonyl (C=O) groups excluding carboxylic acids is 3. The topological polar surface area (TPSA) is 99.3 Å². The average molecular weight is 408 g/mol. The molecule has 29 heavy (non-hydrogen) atoms. The monoisotopic (exact) mass is 408 g/mol. The summed E-state index contributed by atoms with van der Waals surface area (Å²) in [6, 6.07) is 18.8. The van der Waals surface area contributed by atoms with Crippen molar-refractivity contribution in [2.45, 2.75) is 0 Å². The Labute approximate surface area is 172 Å². The fourth-order valence-corrected chi connectivity index (χ4v) is 3.11. The summed E-state index contributed by atoms with van der Waals surface area (Å²) < 4.78 is 0. The van der Waals surface area contributed by atoms with Crippen LogP contribution in [0.1, 0.15) is 20.0 Å². The van der Waals surface area contributed by atoms with E-state index < -0.39 is 0 Å². The number of amides is 4. The molecule has 4 amide bonds. The minimum Gasteiger partial charge on any atom is -0.350 e. The lowest BCUT2D eigenvalue weighted by atomic mass is 10.2. The maximum Gasteiger partial charge on any atom is 0.323 e. The van der Waals surface area contributed by atoms with Crippen molar-refractivity contribution in [1.82, 2.24) is 10.6 Å². The molecule has 148 valence electrons. The van der Waals surface area contributed by atoms with E-state index in [1.54, 1.807) is 42.5 Å². The Hall–Kier alpha value is -3.65. The van der Waals surface area contributed by atoms with Gasteiger partial charge in [-0.3, -0.25) is 9.59 Å². The number of carbonyl (C=O) groups is 3. The molecule has 0 aliphatic carbocycles. The van der Waals surface area contributed by atoms with Crippen molar-refractivity contribution < 1.29 is 14.4 Å². The van der Waals surface area contributed by atoms with Gasteiger partial charge in [-0.15, -0.1) is 11.3 Å². The van der Waals surface area contributed by atoms with Gasteiger partial charge in [-0.1, -0.05) is 24.3 Å². The van der Waals surface area contributed by atoms with E-state index in [4.69, 9.17) is 0 Å². The first kappa shape index (κ1) is 20.1. The number of rotatable bonds is 7. The highest BCUT2D eigenvalue weighted by Crippen LogP contribution is 2.11. The first-order valence-corrected chi connectivity index (χ1v) is 9.83. The molecule has 3 rings (SSSR count). The normalized spacial score (nSPS) is 10.1. The van der Waals surface area contributed by atoms with Crippen LogP contribution in [-0.2, 0) is 0 Å². The summed E-state index contributed by atoms with van der Waals surface area (Å²) in [7, 11) is 0. The Morgan fingerprint density at radius 2 is 1.31 bits per heavy atom. The van der Waals surface area contributed by atoms with Gasteiger partial charge in [-0.05, 0) is 47.8 Å². The summed E-state index contributed by atoms with van der Waals surface area (Å²) in [6.45, 7) is 0.650. The van der Waals surface area contributed by atoms with Gasteiger partial charge in [0, 0.05) is 30.0 Å². The fraction of sp³-hybridized carbons (Fsp3) is 0.0952. The average Bonchev–Trinajstić information content (AvgIpc) is 3.27. The van der Waals surface area contributed by atoms with Gasteiger partial charge in [0.2, 0.25) is 0 Å². The van der Waals surface area contributed by atoms with E-state index in [0.29, 0.717) is 34.9 Å². The molecule has 0 unspecified atom stereocenters. The number of urea groups is 1. The maximum atomic E-state index is 12.2. The molecule has 3 aromatic rings. The van der Waals surface area contributed by atoms with E-state index in [2.05, 4.69) is 21.3 Å². The quantitative estimate of drug-likeness (QED) is 0.450. The maximum absolute atomic E-state index is 12.2. The molecule has 2 aromatic carbocycles. The Bertz CT molecular complexity index is 957. The Morgan fingerprint density at radius 1 is 0.690 bits per heavy atom. The minimum absolute atomic E-state index is 0.154. The van der Waals surface area contributed by atoms with Gasteiger partial charge < -0.3 is 21.3 Å². The van der Waals surface area contributed by atoms with Crippen LogP contribution >= 0.6 is 11.3 Å². The van der Waals surface area contributed by atoms with Crippen molar-refractivity contribution in [3.05, 3.63) is 82.6 Å². The minimum atomic E-state index is -0.366. The lowest BCUT2D eigenvalue weighted by molar-refractivity contribution is 0.0929. The molecule has 0 aliphatic heterocycles. The third-order valence-electron chi connectivity index (χ3n) is 3.88. The molecular formula is C21H20N4O3S. The standard InChI is InChI=1S/C21H20N4O3S/c26-19(22-12-13-23-20(27)18-7-4-14-29-18)15-8-10-17(11-9-15)25-21(28)24-16-5-2-1-3-6-16/h1-11,14H,12-13H2,(H,22,26)(H,23,27)(H2,24,25,28). The van der Waals surface area contributed by atoms with Crippen LogP contribution in [0.15, 0.2) is 72.1 Å². The van der Waals surface area contributed by atoms with Crippen molar-refractivity contribution in [3.8, 4) is 0 Å². The van der Waals surface area contributed by atoms with E-state index in [0.717, 1.165) is 0 Å². The van der Waals surface area contributed by atoms with E-state index in [1.165, 1.54) is 11.3 Å². The predicted molar refractivity (Wildman–Crippen MR) is 115 cm³/mol. The van der Waals surface area contributed by atoms with Crippen LogP contribution in [0.5, 0.6) is 0 Å². The second kappa shape index (κ2) is 10.0. The molecule has 0 spiro atoms. The SMILES string of the molecule is O=C(Nc1ccccc1)Nc1ccc(C(=O)NCCNC(=O)c2cccs2)cc1. The summed E-state index contributed by atoms with van der Waals surface area (Å²) in [5.41, 5.74) is 1.72. The van der Waals surface area contributed by atoms with Crippen molar-refractivity contribution >= 4 is 40.6 Å². The number of benzene rings is 2. The van der Waals surface area contributed by atoms with Crippen LogP contribution in [0, 0.1) is 0 Å². The number of hydrogen-bond acceptors (Lipinski definition) is 4. The molecule has 0 saturated carbocycles. The Kier molecular flexibility index (Phi) is 6.96. The largest absolute Gasteiger partial charge is 0.350 e. The molecule has 1 aromatic heterocycles. The molecular weight excluding hydrogens is 388 g/mol. The van der Waals surface area contributed by atoms with Crippen molar-refractivity contribution in [1.29, 1.82) is 0 Å². The van der Waals surface area contributed by atoms with Gasteiger partial charge in [-0.25, -0.2) is 4.79 Å². The smallest absolute Gasteiger partial charge is 0.323 e. The van der Waals surface area contributed by atoms with Crippen molar-refractivity contribution in [2.24, 2.45) is 0 Å². The van der Waals surface area contributed by atoms with Gasteiger partial charge in [-0.2, -0.15) is 0 Å². The number of para-hydroxylation sites is 1. The van der Waals surface area contributed by atoms with E-state index in [9.17, 15) is 14.4 Å². The molecule has 1 heterocycles. The number of nitrogens with one attached hydrogen (secondary N) is 4. The second-order valence-electron chi connectivity index (χ2n) is 6.01. The lowest BCUT2D eigenvalue weighted by Gasteiger charge is -2.09. The molecule has 0 bridgehead atoms. The van der Waals surface area contributed by atoms with Crippen LogP contribution in [0.3, 0.4) is 0 Å². The molecule has 0 radical (unpaired) electrons. The van der Waals surface area contributed by atoms with Gasteiger partial charge in [0.15, 0.2) is 0 Å². The Balaban J connectivity index is 1.41. The highest BCUT2D eigenvalue weighted by molar-refractivity contribution is 7.12. The molecule has 8 heteroatoms. The van der Waals surface area contributed by atoms with Gasteiger partial charge >= 0.3 is 6.03 Å². The number of hydrogen-bond donors (Lipinski definition) is 4. The Morgan fingerprint density at radius 3 is 1.93 bits per heavy atom. The van der Waals surface area contributed by atoms with Gasteiger partial charge in [0.25, 0.3) is 11.8 Å². The van der Waals surface area contributed by atoms with Crippen LogP contribution in [-0.4, -0.2) is 30.9 Å². The summed E-state index contributed by atoms with van der Waals surface area (Å²) >= 11 is 1.36. The zero-order chi connectivity index (χ0) is 20.5. The highest BCUT2D eigenvalue weighted by Gasteiger charge is 2.08.